The average molecular weight is 312 g/mol. The van der Waals surface area contributed by atoms with Crippen LogP contribution in [0.2, 0.25) is 0 Å². The van der Waals surface area contributed by atoms with Gasteiger partial charge in [0, 0.05) is 32.4 Å². The second kappa shape index (κ2) is 5.47. The number of piperazine rings is 1. The van der Waals surface area contributed by atoms with Crippen LogP contribution in [-0.4, -0.2) is 51.4 Å². The number of aliphatic hydroxyl groups excluding tert-OH is 1. The summed E-state index contributed by atoms with van der Waals surface area (Å²) < 4.78 is 1.70. The van der Waals surface area contributed by atoms with E-state index in [2.05, 4.69) is 16.1 Å². The highest BCUT2D eigenvalue weighted by Crippen LogP contribution is 2.35. The van der Waals surface area contributed by atoms with Crippen molar-refractivity contribution in [2.45, 2.75) is 18.6 Å². The molecule has 1 fully saturated rings. The van der Waals surface area contributed by atoms with E-state index in [9.17, 15) is 9.90 Å². The zero-order valence-electron chi connectivity index (χ0n) is 13.1. The van der Waals surface area contributed by atoms with Gasteiger partial charge in [-0.05, 0) is 17.5 Å². The van der Waals surface area contributed by atoms with Crippen LogP contribution in [0.25, 0.3) is 0 Å². The number of carbonyl (C=O) groups is 1. The van der Waals surface area contributed by atoms with E-state index >= 15 is 0 Å². The van der Waals surface area contributed by atoms with E-state index in [0.717, 1.165) is 24.2 Å². The van der Waals surface area contributed by atoms with Crippen molar-refractivity contribution in [2.75, 3.05) is 24.5 Å². The van der Waals surface area contributed by atoms with Crippen molar-refractivity contribution in [2.24, 2.45) is 7.05 Å². The van der Waals surface area contributed by atoms with Crippen molar-refractivity contribution >= 4 is 11.6 Å². The smallest absolute Gasteiger partial charge is 0.241 e. The molecular weight excluding hydrogens is 292 g/mol. The van der Waals surface area contributed by atoms with Gasteiger partial charge in [0.25, 0.3) is 0 Å². The molecule has 2 heterocycles. The van der Waals surface area contributed by atoms with E-state index in [-0.39, 0.29) is 11.9 Å². The van der Waals surface area contributed by atoms with Gasteiger partial charge in [-0.3, -0.25) is 14.4 Å². The minimum Gasteiger partial charge on any atom is -0.387 e. The van der Waals surface area contributed by atoms with Crippen molar-refractivity contribution in [1.29, 1.82) is 0 Å². The van der Waals surface area contributed by atoms with Crippen LogP contribution in [0.15, 0.2) is 36.7 Å². The van der Waals surface area contributed by atoms with Gasteiger partial charge < -0.3 is 10.0 Å². The Morgan fingerprint density at radius 2 is 2.09 bits per heavy atom. The number of hydrogen-bond acceptors (Lipinski definition) is 4. The van der Waals surface area contributed by atoms with Crippen molar-refractivity contribution in [1.82, 2.24) is 14.7 Å². The lowest BCUT2D eigenvalue weighted by atomic mass is 10.1. The fraction of sp³-hybridized carbons (Fsp3) is 0.412. The number of benzene rings is 1. The Morgan fingerprint density at radius 1 is 1.26 bits per heavy atom. The van der Waals surface area contributed by atoms with E-state index in [4.69, 9.17) is 0 Å². The lowest BCUT2D eigenvalue weighted by Gasteiger charge is -2.38. The number of amides is 1. The third-order valence-electron chi connectivity index (χ3n) is 4.89. The molecule has 1 amide bonds. The number of anilines is 1. The molecule has 1 aliphatic carbocycles. The predicted molar refractivity (Wildman–Crippen MR) is 86.0 cm³/mol. The number of carbonyl (C=O) groups excluding carboxylic acids is 1. The Labute approximate surface area is 134 Å². The van der Waals surface area contributed by atoms with Gasteiger partial charge in [-0.1, -0.05) is 24.3 Å². The normalized spacial score (nSPS) is 25.0. The number of aromatic nitrogens is 2. The summed E-state index contributed by atoms with van der Waals surface area (Å²) in [6.45, 7) is 1.73. The third-order valence-corrected chi connectivity index (χ3v) is 4.89. The first kappa shape index (κ1) is 14.4. The summed E-state index contributed by atoms with van der Waals surface area (Å²) in [5, 5.41) is 14.7. The number of rotatable bonds is 2. The van der Waals surface area contributed by atoms with Crippen LogP contribution in [0.3, 0.4) is 0 Å². The SMILES string of the molecule is Cn1cc(N2CCN(C3Cc4ccccc4C3O)CC2=O)cn1. The molecule has 2 unspecified atom stereocenters. The highest BCUT2D eigenvalue weighted by molar-refractivity contribution is 5.95. The summed E-state index contributed by atoms with van der Waals surface area (Å²) in [6.07, 6.45) is 3.86. The molecule has 2 atom stereocenters. The van der Waals surface area contributed by atoms with E-state index in [1.165, 1.54) is 5.56 Å². The summed E-state index contributed by atoms with van der Waals surface area (Å²) in [5.74, 6) is 0.0624. The fourth-order valence-electron chi connectivity index (χ4n) is 3.68. The Balaban J connectivity index is 1.48. The third kappa shape index (κ3) is 2.44. The largest absolute Gasteiger partial charge is 0.387 e. The van der Waals surface area contributed by atoms with Crippen molar-refractivity contribution < 1.29 is 9.90 Å². The highest BCUT2D eigenvalue weighted by Gasteiger charge is 2.38. The van der Waals surface area contributed by atoms with Crippen LogP contribution in [0, 0.1) is 0 Å². The fourth-order valence-corrected chi connectivity index (χ4v) is 3.68. The molecule has 23 heavy (non-hydrogen) atoms. The van der Waals surface area contributed by atoms with E-state index < -0.39 is 6.10 Å². The minimum absolute atomic E-state index is 0.00704. The van der Waals surface area contributed by atoms with Gasteiger partial charge in [0.1, 0.15) is 0 Å². The monoisotopic (exact) mass is 312 g/mol. The predicted octanol–water partition coefficient (Wildman–Crippen LogP) is 0.727. The topological polar surface area (TPSA) is 61.6 Å². The standard InChI is InChI=1S/C17H20N4O2/c1-19-10-13(9-18-19)21-7-6-20(11-16(21)22)15-8-12-4-2-3-5-14(12)17(15)23/h2-5,9-10,15,17,23H,6-8,11H2,1H3. The number of aryl methyl sites for hydroxylation is 1. The van der Waals surface area contributed by atoms with Gasteiger partial charge in [0.15, 0.2) is 0 Å². The van der Waals surface area contributed by atoms with Gasteiger partial charge in [0.05, 0.1) is 24.5 Å². The van der Waals surface area contributed by atoms with Crippen LogP contribution in [0.5, 0.6) is 0 Å². The zero-order valence-corrected chi connectivity index (χ0v) is 13.1. The van der Waals surface area contributed by atoms with E-state index in [1.807, 2.05) is 31.4 Å². The summed E-state index contributed by atoms with van der Waals surface area (Å²) >= 11 is 0. The molecule has 2 aliphatic rings. The molecule has 1 aromatic carbocycles. The molecule has 0 bridgehead atoms. The Morgan fingerprint density at radius 3 is 2.78 bits per heavy atom. The maximum absolute atomic E-state index is 12.5. The maximum atomic E-state index is 12.5. The maximum Gasteiger partial charge on any atom is 0.241 e. The zero-order chi connectivity index (χ0) is 16.0. The molecular formula is C17H20N4O2. The first-order chi connectivity index (χ1) is 11.1. The van der Waals surface area contributed by atoms with E-state index in [1.54, 1.807) is 15.8 Å². The molecule has 6 nitrogen and oxygen atoms in total. The van der Waals surface area contributed by atoms with E-state index in [0.29, 0.717) is 13.1 Å². The molecule has 1 aliphatic heterocycles. The van der Waals surface area contributed by atoms with Crippen molar-refractivity contribution in [3.8, 4) is 0 Å². The lowest BCUT2D eigenvalue weighted by molar-refractivity contribution is -0.122. The first-order valence-electron chi connectivity index (χ1n) is 7.92. The number of fused-ring (bicyclic) bond motifs is 1. The average Bonchev–Trinajstić information content (AvgIpc) is 3.12. The highest BCUT2D eigenvalue weighted by atomic mass is 16.3. The molecule has 4 rings (SSSR count). The van der Waals surface area contributed by atoms with Crippen molar-refractivity contribution in [3.63, 3.8) is 0 Å². The minimum atomic E-state index is -0.510. The summed E-state index contributed by atoms with van der Waals surface area (Å²) in [6, 6.07) is 7.99. The molecule has 0 radical (unpaired) electrons. The van der Waals surface area contributed by atoms with Crippen LogP contribution >= 0.6 is 0 Å². The molecule has 1 N–H and O–H groups in total. The Bertz CT molecular complexity index is 742. The van der Waals surface area contributed by atoms with Crippen LogP contribution < -0.4 is 4.90 Å². The molecule has 0 spiro atoms. The van der Waals surface area contributed by atoms with Crippen molar-refractivity contribution in [3.05, 3.63) is 47.8 Å². The van der Waals surface area contributed by atoms with Crippen LogP contribution in [0.4, 0.5) is 5.69 Å². The number of hydrogen-bond donors (Lipinski definition) is 1. The van der Waals surface area contributed by atoms with Crippen LogP contribution in [0.1, 0.15) is 17.2 Å². The second-order valence-electron chi connectivity index (χ2n) is 6.30. The molecule has 2 aromatic rings. The lowest BCUT2D eigenvalue weighted by Crippen LogP contribution is -2.54. The molecule has 1 aromatic heterocycles. The van der Waals surface area contributed by atoms with Gasteiger partial charge >= 0.3 is 0 Å². The Kier molecular flexibility index (Phi) is 3.43. The second-order valence-corrected chi connectivity index (χ2v) is 6.30. The quantitative estimate of drug-likeness (QED) is 0.888. The van der Waals surface area contributed by atoms with Gasteiger partial charge in [0.2, 0.25) is 5.91 Å². The number of aliphatic hydroxyl groups is 1. The first-order valence-corrected chi connectivity index (χ1v) is 7.92. The van der Waals surface area contributed by atoms with Crippen LogP contribution in [-0.2, 0) is 18.3 Å². The summed E-state index contributed by atoms with van der Waals surface area (Å²) in [4.78, 5) is 16.4. The molecule has 6 heteroatoms. The molecule has 0 saturated carbocycles. The molecule has 1 saturated heterocycles. The number of nitrogens with zero attached hydrogens (tertiary/aromatic N) is 4. The van der Waals surface area contributed by atoms with Gasteiger partial charge in [-0.15, -0.1) is 0 Å². The van der Waals surface area contributed by atoms with Gasteiger partial charge in [-0.2, -0.15) is 5.10 Å². The van der Waals surface area contributed by atoms with Gasteiger partial charge in [-0.25, -0.2) is 0 Å². The summed E-state index contributed by atoms with van der Waals surface area (Å²) in [5.41, 5.74) is 3.03. The Hall–Kier alpha value is -2.18. The summed E-state index contributed by atoms with van der Waals surface area (Å²) in [7, 11) is 1.84. The molecule has 120 valence electrons.